The van der Waals surface area contributed by atoms with Crippen molar-refractivity contribution in [3.63, 3.8) is 0 Å². The molecule has 3 aromatic heterocycles. The summed E-state index contributed by atoms with van der Waals surface area (Å²) in [6.45, 7) is 0. The van der Waals surface area contributed by atoms with Crippen molar-refractivity contribution in [1.29, 1.82) is 10.5 Å². The van der Waals surface area contributed by atoms with Gasteiger partial charge in [-0.2, -0.15) is 10.5 Å². The monoisotopic (exact) mass is 841 g/mol. The Kier molecular flexibility index (Phi) is 9.12. The fraction of sp³-hybridized carbons (Fsp3) is 0. The van der Waals surface area contributed by atoms with Gasteiger partial charge in [0.25, 0.3) is 0 Å². The van der Waals surface area contributed by atoms with Crippen molar-refractivity contribution in [3.05, 3.63) is 223 Å². The van der Waals surface area contributed by atoms with E-state index in [4.69, 9.17) is 15.0 Å². The van der Waals surface area contributed by atoms with Gasteiger partial charge in [-0.25, -0.2) is 15.0 Å². The van der Waals surface area contributed by atoms with Gasteiger partial charge in [0.1, 0.15) is 0 Å². The minimum absolute atomic E-state index is 0.450. The van der Waals surface area contributed by atoms with E-state index in [-0.39, 0.29) is 0 Å². The van der Waals surface area contributed by atoms with Crippen LogP contribution in [0.5, 0.6) is 0 Å². The van der Waals surface area contributed by atoms with E-state index >= 15 is 0 Å². The first-order valence-electron chi connectivity index (χ1n) is 21.7. The molecule has 9 aromatic carbocycles. The molecule has 12 rings (SSSR count). The molecular weight excluding hydrogens is 807 g/mol. The van der Waals surface area contributed by atoms with Gasteiger partial charge in [0, 0.05) is 43.9 Å². The minimum atomic E-state index is 0.450. The van der Waals surface area contributed by atoms with Gasteiger partial charge in [-0.15, -0.1) is 0 Å². The molecule has 0 amide bonds. The average molecular weight is 842 g/mol. The zero-order valence-electron chi connectivity index (χ0n) is 35.3. The third kappa shape index (κ3) is 6.31. The van der Waals surface area contributed by atoms with Crippen molar-refractivity contribution < 1.29 is 0 Å². The maximum Gasteiger partial charge on any atom is 0.166 e. The van der Waals surface area contributed by atoms with Gasteiger partial charge in [-0.3, -0.25) is 0 Å². The van der Waals surface area contributed by atoms with Crippen LogP contribution in [0.3, 0.4) is 0 Å². The lowest BCUT2D eigenvalue weighted by atomic mass is 9.96. The molecule has 0 atom stereocenters. The van der Waals surface area contributed by atoms with Crippen LogP contribution >= 0.6 is 0 Å². The Bertz CT molecular complexity index is 3890. The largest absolute Gasteiger partial charge is 0.309 e. The number of fused-ring (bicyclic) bond motifs is 6. The predicted octanol–water partition coefficient (Wildman–Crippen LogP) is 14.1. The van der Waals surface area contributed by atoms with E-state index in [1.165, 1.54) is 0 Å². The molecule has 7 heteroatoms. The Labute approximate surface area is 380 Å². The highest BCUT2D eigenvalue weighted by atomic mass is 15.1. The second-order valence-corrected chi connectivity index (χ2v) is 16.2. The number of nitrogens with zero attached hydrogens (tertiary/aromatic N) is 7. The number of hydrogen-bond donors (Lipinski definition) is 0. The van der Waals surface area contributed by atoms with Crippen LogP contribution in [0, 0.1) is 22.7 Å². The maximum absolute atomic E-state index is 10.1. The molecule has 0 aliphatic carbocycles. The van der Waals surface area contributed by atoms with Crippen LogP contribution in [0.4, 0.5) is 0 Å². The van der Waals surface area contributed by atoms with E-state index in [0.717, 1.165) is 93.9 Å². The van der Waals surface area contributed by atoms with Gasteiger partial charge < -0.3 is 9.13 Å². The first-order chi connectivity index (χ1) is 32.6. The molecule has 0 radical (unpaired) electrons. The highest BCUT2D eigenvalue weighted by Gasteiger charge is 2.23. The SMILES string of the molecule is N#Cc1ccc(-c2ccc3c(c2)c2ccccc2n3-c2ccc(-c3cccc4c3c3ccccc3n4-c3ccccc3)cc2-c2nc(-c3ccccc3)nc(-c3ccccc3)n2)c(C#N)c1. The van der Waals surface area contributed by atoms with Gasteiger partial charge in [0.05, 0.1) is 51.0 Å². The molecule has 0 saturated carbocycles. The molecule has 306 valence electrons. The smallest absolute Gasteiger partial charge is 0.166 e. The van der Waals surface area contributed by atoms with Crippen LogP contribution in [-0.4, -0.2) is 24.1 Å². The fourth-order valence-corrected chi connectivity index (χ4v) is 9.48. The summed E-state index contributed by atoms with van der Waals surface area (Å²) in [5.74, 6) is 1.69. The zero-order chi connectivity index (χ0) is 44.1. The molecule has 0 aliphatic heterocycles. The van der Waals surface area contributed by atoms with Crippen LogP contribution in [0.2, 0.25) is 0 Å². The van der Waals surface area contributed by atoms with Crippen LogP contribution in [0.1, 0.15) is 11.1 Å². The summed E-state index contributed by atoms with van der Waals surface area (Å²) in [5, 5.41) is 24.1. The van der Waals surface area contributed by atoms with Crippen molar-refractivity contribution in [1.82, 2.24) is 24.1 Å². The summed E-state index contributed by atoms with van der Waals surface area (Å²) in [7, 11) is 0. The summed E-state index contributed by atoms with van der Waals surface area (Å²) in [4.78, 5) is 15.7. The minimum Gasteiger partial charge on any atom is -0.309 e. The van der Waals surface area contributed by atoms with E-state index < -0.39 is 0 Å². The number of benzene rings is 9. The first kappa shape index (κ1) is 38.3. The zero-order valence-corrected chi connectivity index (χ0v) is 35.3. The van der Waals surface area contributed by atoms with Crippen molar-refractivity contribution in [3.8, 4) is 79.9 Å². The van der Waals surface area contributed by atoms with Crippen molar-refractivity contribution in [2.24, 2.45) is 0 Å². The lowest BCUT2D eigenvalue weighted by Crippen LogP contribution is -2.04. The second-order valence-electron chi connectivity index (χ2n) is 16.2. The van der Waals surface area contributed by atoms with Crippen LogP contribution in [-0.2, 0) is 0 Å². The van der Waals surface area contributed by atoms with Crippen molar-refractivity contribution >= 4 is 43.6 Å². The molecule has 0 aliphatic rings. The molecular formula is C59H35N7. The Balaban J connectivity index is 1.15. The molecule has 0 N–H and O–H groups in total. The third-order valence-corrected chi connectivity index (χ3v) is 12.5. The summed E-state index contributed by atoms with van der Waals surface area (Å²) >= 11 is 0. The van der Waals surface area contributed by atoms with Gasteiger partial charge in [0.2, 0.25) is 0 Å². The van der Waals surface area contributed by atoms with Crippen LogP contribution in [0.25, 0.3) is 111 Å². The topological polar surface area (TPSA) is 96.1 Å². The Morgan fingerprint density at radius 2 is 0.924 bits per heavy atom. The number of aromatic nitrogens is 5. The Morgan fingerprint density at radius 1 is 0.348 bits per heavy atom. The molecule has 0 unspecified atom stereocenters. The summed E-state index contributed by atoms with van der Waals surface area (Å²) in [6, 6.07) is 77.0. The van der Waals surface area contributed by atoms with E-state index in [2.05, 4.69) is 155 Å². The normalized spacial score (nSPS) is 11.3. The number of para-hydroxylation sites is 3. The van der Waals surface area contributed by atoms with E-state index in [0.29, 0.717) is 28.6 Å². The molecule has 66 heavy (non-hydrogen) atoms. The summed E-state index contributed by atoms with van der Waals surface area (Å²) in [5.41, 5.74) is 13.5. The third-order valence-electron chi connectivity index (χ3n) is 12.5. The molecule has 0 saturated heterocycles. The van der Waals surface area contributed by atoms with Gasteiger partial charge in [-0.1, -0.05) is 146 Å². The number of nitriles is 2. The summed E-state index contributed by atoms with van der Waals surface area (Å²) < 4.78 is 4.64. The molecule has 3 heterocycles. The van der Waals surface area contributed by atoms with E-state index in [1.54, 1.807) is 12.1 Å². The lowest BCUT2D eigenvalue weighted by molar-refractivity contribution is 1.06. The van der Waals surface area contributed by atoms with Gasteiger partial charge >= 0.3 is 0 Å². The average Bonchev–Trinajstić information content (AvgIpc) is 3.91. The molecule has 0 bridgehead atoms. The second kappa shape index (κ2) is 15.7. The molecule has 0 fully saturated rings. The Morgan fingerprint density at radius 3 is 1.62 bits per heavy atom. The highest BCUT2D eigenvalue weighted by Crippen LogP contribution is 2.43. The highest BCUT2D eigenvalue weighted by molar-refractivity contribution is 6.16. The predicted molar refractivity (Wildman–Crippen MR) is 265 cm³/mol. The number of rotatable bonds is 7. The van der Waals surface area contributed by atoms with Crippen molar-refractivity contribution in [2.75, 3.05) is 0 Å². The summed E-state index contributed by atoms with van der Waals surface area (Å²) in [6.07, 6.45) is 0. The molecule has 7 nitrogen and oxygen atoms in total. The van der Waals surface area contributed by atoms with Gasteiger partial charge in [-0.05, 0) is 89.0 Å². The van der Waals surface area contributed by atoms with Crippen molar-refractivity contribution in [2.45, 2.75) is 0 Å². The van der Waals surface area contributed by atoms with E-state index in [9.17, 15) is 10.5 Å². The van der Waals surface area contributed by atoms with Gasteiger partial charge in [0.15, 0.2) is 17.5 Å². The van der Waals surface area contributed by atoms with Crippen LogP contribution in [0.15, 0.2) is 212 Å². The lowest BCUT2D eigenvalue weighted by Gasteiger charge is -2.17. The quantitative estimate of drug-likeness (QED) is 0.159. The number of hydrogen-bond acceptors (Lipinski definition) is 5. The Hall–Kier alpha value is -9.43. The molecule has 12 aromatic rings. The first-order valence-corrected chi connectivity index (χ1v) is 21.7. The molecule has 0 spiro atoms. The standard InChI is InChI=1S/C59H35N7/c60-36-38-27-30-45(43(33-38)37-61)41-28-31-53-49(34-41)47-21-10-12-24-51(47)66(53)54-32-29-42(46-23-14-26-55-56(46)48-22-11-13-25-52(48)65(55)44-19-8-3-9-20-44)35-50(54)59-63-57(39-15-4-1-5-16-39)62-58(64-59)40-17-6-2-7-18-40/h1-35H. The van der Waals surface area contributed by atoms with Crippen LogP contribution < -0.4 is 0 Å². The maximum atomic E-state index is 10.1. The van der Waals surface area contributed by atoms with E-state index in [1.807, 2.05) is 66.7 Å². The fourth-order valence-electron chi connectivity index (χ4n) is 9.48.